The molecular weight excluding hydrogens is 270 g/mol. The fourth-order valence-electron chi connectivity index (χ4n) is 1.14. The molecule has 0 aliphatic carbocycles. The average Bonchev–Trinajstić information content (AvgIpc) is 2.15. The van der Waals surface area contributed by atoms with Crippen LogP contribution in [0.15, 0.2) is 24.3 Å². The van der Waals surface area contributed by atoms with Gasteiger partial charge in [-0.3, -0.25) is 4.79 Å². The van der Waals surface area contributed by atoms with Crippen LogP contribution in [0.5, 0.6) is 5.75 Å². The molecule has 1 aromatic carbocycles. The third-order valence-electron chi connectivity index (χ3n) is 2.45. The number of rotatable bonds is 1. The maximum atomic E-state index is 12.0. The number of phenolic OH excluding ortho intramolecular Hbond substituents is 1. The summed E-state index contributed by atoms with van der Waals surface area (Å²) in [7, 11) is 1.73. The Hall–Kier alpha value is -1.03. The van der Waals surface area contributed by atoms with Gasteiger partial charge >= 0.3 is 0 Å². The fourth-order valence-corrected chi connectivity index (χ4v) is 1.14. The Bertz CT molecular complexity index is 372. The van der Waals surface area contributed by atoms with E-state index in [4.69, 9.17) is 0 Å². The molecule has 0 radical (unpaired) electrons. The third-order valence-corrected chi connectivity index (χ3v) is 2.45. The Balaban J connectivity index is 0.00000225. The predicted molar refractivity (Wildman–Crippen MR) is 70.3 cm³/mol. The molecule has 1 amide bonds. The van der Waals surface area contributed by atoms with Crippen LogP contribution in [0.1, 0.15) is 31.1 Å². The van der Waals surface area contributed by atoms with E-state index in [1.165, 1.54) is 6.07 Å². The second-order valence-corrected chi connectivity index (χ2v) is 4.55. The number of hydrogen-bond donors (Lipinski definition) is 1. The van der Waals surface area contributed by atoms with Crippen molar-refractivity contribution in [3.05, 3.63) is 29.8 Å². The van der Waals surface area contributed by atoms with Crippen LogP contribution < -0.4 is 0 Å². The highest BCUT2D eigenvalue weighted by molar-refractivity contribution is 8.93. The van der Waals surface area contributed by atoms with Crippen LogP contribution in [-0.4, -0.2) is 28.5 Å². The Morgan fingerprint density at radius 3 is 2.19 bits per heavy atom. The van der Waals surface area contributed by atoms with Gasteiger partial charge in [-0.1, -0.05) is 12.1 Å². The largest absolute Gasteiger partial charge is 0.507 e. The number of hydrogen-bond acceptors (Lipinski definition) is 2. The summed E-state index contributed by atoms with van der Waals surface area (Å²) in [5, 5.41) is 9.55. The first kappa shape index (κ1) is 15.0. The number of benzene rings is 1. The van der Waals surface area contributed by atoms with Crippen molar-refractivity contribution in [2.75, 3.05) is 7.05 Å². The predicted octanol–water partition coefficient (Wildman–Crippen LogP) is 2.84. The molecule has 0 heterocycles. The summed E-state index contributed by atoms with van der Waals surface area (Å²) in [6.07, 6.45) is 0. The Morgan fingerprint density at radius 1 is 1.25 bits per heavy atom. The summed E-state index contributed by atoms with van der Waals surface area (Å²) in [4.78, 5) is 13.6. The van der Waals surface area contributed by atoms with Crippen molar-refractivity contribution in [1.29, 1.82) is 0 Å². The van der Waals surface area contributed by atoms with Crippen molar-refractivity contribution in [3.8, 4) is 5.75 Å². The minimum Gasteiger partial charge on any atom is -0.507 e. The molecule has 0 unspecified atom stereocenters. The van der Waals surface area contributed by atoms with Crippen LogP contribution in [0.3, 0.4) is 0 Å². The van der Waals surface area contributed by atoms with Crippen LogP contribution >= 0.6 is 17.0 Å². The van der Waals surface area contributed by atoms with Crippen LogP contribution in [0.4, 0.5) is 0 Å². The number of carbonyl (C=O) groups is 1. The molecule has 16 heavy (non-hydrogen) atoms. The van der Waals surface area contributed by atoms with Gasteiger partial charge < -0.3 is 10.0 Å². The number of halogens is 1. The molecule has 0 spiro atoms. The zero-order chi connectivity index (χ0) is 11.6. The van der Waals surface area contributed by atoms with E-state index in [1.807, 2.05) is 20.8 Å². The first-order valence-electron chi connectivity index (χ1n) is 4.90. The normalized spacial score (nSPS) is 10.5. The molecule has 90 valence electrons. The zero-order valence-corrected chi connectivity index (χ0v) is 11.7. The van der Waals surface area contributed by atoms with E-state index in [9.17, 15) is 9.90 Å². The monoisotopic (exact) mass is 287 g/mol. The van der Waals surface area contributed by atoms with E-state index in [0.29, 0.717) is 5.56 Å². The van der Waals surface area contributed by atoms with Gasteiger partial charge in [0.25, 0.3) is 5.91 Å². The molecule has 1 rings (SSSR count). The topological polar surface area (TPSA) is 40.5 Å². The van der Waals surface area contributed by atoms with Crippen LogP contribution in [0.2, 0.25) is 0 Å². The van der Waals surface area contributed by atoms with Gasteiger partial charge in [-0.05, 0) is 32.9 Å². The first-order chi connectivity index (χ1) is 6.84. The maximum absolute atomic E-state index is 12.0. The highest BCUT2D eigenvalue weighted by Crippen LogP contribution is 2.21. The van der Waals surface area contributed by atoms with Gasteiger partial charge in [0.05, 0.1) is 5.56 Å². The van der Waals surface area contributed by atoms with E-state index in [-0.39, 0.29) is 34.2 Å². The van der Waals surface area contributed by atoms with Gasteiger partial charge in [-0.25, -0.2) is 0 Å². The van der Waals surface area contributed by atoms with Crippen LogP contribution in [-0.2, 0) is 0 Å². The van der Waals surface area contributed by atoms with Crippen molar-refractivity contribution in [1.82, 2.24) is 4.90 Å². The molecule has 1 aromatic rings. The first-order valence-corrected chi connectivity index (χ1v) is 4.90. The lowest BCUT2D eigenvalue weighted by Crippen LogP contribution is -2.42. The molecule has 0 aliphatic heterocycles. The minimum absolute atomic E-state index is 0. The van der Waals surface area contributed by atoms with Gasteiger partial charge in [0, 0.05) is 12.6 Å². The van der Waals surface area contributed by atoms with Gasteiger partial charge in [0.1, 0.15) is 5.75 Å². The minimum atomic E-state index is -0.251. The molecule has 3 nitrogen and oxygen atoms in total. The fraction of sp³-hybridized carbons (Fsp3) is 0.417. The van der Waals surface area contributed by atoms with Crippen molar-refractivity contribution < 1.29 is 9.90 Å². The molecular formula is C12H18BrNO2. The lowest BCUT2D eigenvalue weighted by Gasteiger charge is -2.32. The van der Waals surface area contributed by atoms with Crippen LogP contribution in [0, 0.1) is 0 Å². The van der Waals surface area contributed by atoms with Gasteiger partial charge in [-0.2, -0.15) is 0 Å². The number of aromatic hydroxyl groups is 1. The Morgan fingerprint density at radius 2 is 1.75 bits per heavy atom. The summed E-state index contributed by atoms with van der Waals surface area (Å²) < 4.78 is 0. The molecule has 0 saturated heterocycles. The molecule has 0 saturated carbocycles. The second kappa shape index (κ2) is 5.34. The van der Waals surface area contributed by atoms with Crippen LogP contribution in [0.25, 0.3) is 0 Å². The highest BCUT2D eigenvalue weighted by atomic mass is 79.9. The van der Waals surface area contributed by atoms with E-state index in [1.54, 1.807) is 30.1 Å². The van der Waals surface area contributed by atoms with E-state index < -0.39 is 0 Å². The van der Waals surface area contributed by atoms with Crippen molar-refractivity contribution in [2.45, 2.75) is 26.3 Å². The number of carbonyl (C=O) groups excluding carboxylic acids is 1. The Kier molecular flexibility index (Phi) is 5.00. The van der Waals surface area contributed by atoms with Crippen molar-refractivity contribution >= 4 is 22.9 Å². The maximum Gasteiger partial charge on any atom is 0.257 e. The van der Waals surface area contributed by atoms with Crippen molar-refractivity contribution in [2.24, 2.45) is 0 Å². The van der Waals surface area contributed by atoms with Gasteiger partial charge in [0.15, 0.2) is 0 Å². The summed E-state index contributed by atoms with van der Waals surface area (Å²) in [5.74, 6) is -0.140. The van der Waals surface area contributed by atoms with Gasteiger partial charge in [-0.15, -0.1) is 17.0 Å². The number of phenols is 1. The third kappa shape index (κ3) is 3.23. The SMILES string of the molecule is Br.CN(C(=O)c1ccccc1O)C(C)(C)C. The molecule has 1 N–H and O–H groups in total. The van der Waals surface area contributed by atoms with E-state index in [0.717, 1.165) is 0 Å². The summed E-state index contributed by atoms with van der Waals surface area (Å²) in [5.41, 5.74) is 0.0919. The molecule has 0 atom stereocenters. The molecule has 0 aromatic heterocycles. The number of amides is 1. The molecule has 4 heteroatoms. The summed E-state index contributed by atoms with van der Waals surface area (Å²) >= 11 is 0. The van der Waals surface area contributed by atoms with E-state index >= 15 is 0 Å². The average molecular weight is 288 g/mol. The summed E-state index contributed by atoms with van der Waals surface area (Å²) in [6, 6.07) is 6.58. The number of para-hydroxylation sites is 1. The smallest absolute Gasteiger partial charge is 0.257 e. The molecule has 0 fully saturated rings. The quantitative estimate of drug-likeness (QED) is 0.863. The van der Waals surface area contributed by atoms with Gasteiger partial charge in [0.2, 0.25) is 0 Å². The second-order valence-electron chi connectivity index (χ2n) is 4.55. The molecule has 0 bridgehead atoms. The lowest BCUT2D eigenvalue weighted by molar-refractivity contribution is 0.0653. The zero-order valence-electron chi connectivity index (χ0n) is 10.0. The van der Waals surface area contributed by atoms with Crippen molar-refractivity contribution in [3.63, 3.8) is 0 Å². The standard InChI is InChI=1S/C12H17NO2.BrH/c1-12(2,3)13(4)11(15)9-7-5-6-8-10(9)14;/h5-8,14H,1-4H3;1H. The Labute approximate surface area is 107 Å². The highest BCUT2D eigenvalue weighted by Gasteiger charge is 2.24. The summed E-state index contributed by atoms with van der Waals surface area (Å²) in [6.45, 7) is 5.85. The lowest BCUT2D eigenvalue weighted by atomic mass is 10.0. The number of nitrogens with zero attached hydrogens (tertiary/aromatic N) is 1. The van der Waals surface area contributed by atoms with E-state index in [2.05, 4.69) is 0 Å². The molecule has 0 aliphatic rings.